The Morgan fingerprint density at radius 3 is 2.65 bits per heavy atom. The minimum atomic E-state index is -4.62. The first-order chi connectivity index (χ1) is 7.54. The summed E-state index contributed by atoms with van der Waals surface area (Å²) in [5.74, 6) is -0.144. The average molecular weight is 268 g/mol. The van der Waals surface area contributed by atoms with Crippen LogP contribution in [0.5, 0.6) is 5.75 Å². The van der Waals surface area contributed by atoms with Gasteiger partial charge >= 0.3 is 6.36 Å². The number of alkyl halides is 3. The van der Waals surface area contributed by atoms with Gasteiger partial charge in [0.05, 0.1) is 0 Å². The van der Waals surface area contributed by atoms with Crippen molar-refractivity contribution in [3.63, 3.8) is 0 Å². The Labute approximate surface area is 104 Å². The first-order valence-corrected chi connectivity index (χ1v) is 5.17. The molecular weight excluding hydrogens is 255 g/mol. The second kappa shape index (κ2) is 5.49. The highest BCUT2D eigenvalue weighted by Gasteiger charge is 2.31. The minimum Gasteiger partial charge on any atom is -0.406 e. The van der Waals surface area contributed by atoms with Crippen molar-refractivity contribution in [3.8, 4) is 5.75 Å². The Morgan fingerprint density at radius 1 is 1.18 bits per heavy atom. The molecule has 17 heavy (non-hydrogen) atoms. The van der Waals surface area contributed by atoms with Crippen LogP contribution in [0.25, 0.3) is 0 Å². The van der Waals surface area contributed by atoms with E-state index in [1.165, 1.54) is 12.1 Å². The van der Waals surface area contributed by atoms with E-state index in [-0.39, 0.29) is 18.2 Å². The smallest absolute Gasteiger partial charge is 0.406 e. The molecule has 2 rings (SSSR count). The molecule has 1 N–H and O–H groups in total. The van der Waals surface area contributed by atoms with Crippen molar-refractivity contribution in [1.29, 1.82) is 0 Å². The lowest BCUT2D eigenvalue weighted by Crippen LogP contribution is -2.17. The molecule has 0 saturated carbocycles. The third-order valence-corrected chi connectivity index (χ3v) is 2.50. The third kappa shape index (κ3) is 4.00. The Morgan fingerprint density at radius 2 is 1.94 bits per heavy atom. The van der Waals surface area contributed by atoms with Gasteiger partial charge in [-0.1, -0.05) is 0 Å². The zero-order valence-electron chi connectivity index (χ0n) is 9.01. The van der Waals surface area contributed by atoms with Crippen molar-refractivity contribution in [1.82, 2.24) is 0 Å². The molecule has 0 bridgehead atoms. The van der Waals surface area contributed by atoms with Crippen LogP contribution in [0.2, 0.25) is 0 Å². The van der Waals surface area contributed by atoms with E-state index in [0.717, 1.165) is 37.1 Å². The third-order valence-electron chi connectivity index (χ3n) is 2.50. The highest BCUT2D eigenvalue weighted by Crippen LogP contribution is 2.29. The number of hydrogen-bond donors (Lipinski definition) is 1. The van der Waals surface area contributed by atoms with Gasteiger partial charge in [-0.3, -0.25) is 0 Å². The molecule has 1 heterocycles. The molecule has 1 aliphatic rings. The van der Waals surface area contributed by atoms with Crippen molar-refractivity contribution in [2.24, 2.45) is 0 Å². The molecule has 0 fully saturated rings. The number of hydrogen-bond acceptors (Lipinski definition) is 2. The Hall–Kier alpha value is -1.10. The molecule has 0 atom stereocenters. The van der Waals surface area contributed by atoms with Crippen LogP contribution < -0.4 is 10.1 Å². The van der Waals surface area contributed by atoms with Gasteiger partial charge in [0.15, 0.2) is 0 Å². The zero-order chi connectivity index (χ0) is 11.6. The van der Waals surface area contributed by atoms with Crippen LogP contribution in [-0.4, -0.2) is 12.9 Å². The Kier molecular flexibility index (Phi) is 4.51. The Bertz CT molecular complexity index is 381. The van der Waals surface area contributed by atoms with Crippen LogP contribution in [0.1, 0.15) is 18.4 Å². The number of anilines is 1. The fourth-order valence-electron chi connectivity index (χ4n) is 1.81. The summed E-state index contributed by atoms with van der Waals surface area (Å²) >= 11 is 0. The van der Waals surface area contributed by atoms with E-state index in [4.69, 9.17) is 0 Å². The van der Waals surface area contributed by atoms with Crippen LogP contribution in [0.15, 0.2) is 18.2 Å². The molecule has 0 spiro atoms. The summed E-state index contributed by atoms with van der Waals surface area (Å²) in [5.41, 5.74) is 1.80. The van der Waals surface area contributed by atoms with Crippen molar-refractivity contribution < 1.29 is 17.9 Å². The van der Waals surface area contributed by atoms with Gasteiger partial charge in [0.25, 0.3) is 0 Å². The van der Waals surface area contributed by atoms with Crippen molar-refractivity contribution in [3.05, 3.63) is 23.8 Å². The van der Waals surface area contributed by atoms with Crippen LogP contribution >= 0.6 is 12.4 Å². The summed E-state index contributed by atoms with van der Waals surface area (Å²) in [4.78, 5) is 0. The molecule has 2 nitrogen and oxygen atoms in total. The number of fused-ring (bicyclic) bond motifs is 1. The second-order valence-corrected chi connectivity index (χ2v) is 3.75. The SMILES string of the molecule is Cl.FC(F)(F)Oc1ccc2c(c1)CCCCN2. The predicted molar refractivity (Wildman–Crippen MR) is 61.8 cm³/mol. The van der Waals surface area contributed by atoms with E-state index in [1.807, 2.05) is 0 Å². The van der Waals surface area contributed by atoms with E-state index in [0.29, 0.717) is 0 Å². The van der Waals surface area contributed by atoms with Gasteiger partial charge < -0.3 is 10.1 Å². The van der Waals surface area contributed by atoms with Gasteiger partial charge in [-0.15, -0.1) is 25.6 Å². The fourth-order valence-corrected chi connectivity index (χ4v) is 1.81. The largest absolute Gasteiger partial charge is 0.573 e. The van der Waals surface area contributed by atoms with E-state index in [1.54, 1.807) is 6.07 Å². The van der Waals surface area contributed by atoms with Crippen LogP contribution in [0, 0.1) is 0 Å². The number of ether oxygens (including phenoxy) is 1. The van der Waals surface area contributed by atoms with Crippen LogP contribution in [0.3, 0.4) is 0 Å². The first kappa shape index (κ1) is 14.0. The maximum Gasteiger partial charge on any atom is 0.573 e. The number of rotatable bonds is 1. The summed E-state index contributed by atoms with van der Waals surface area (Å²) < 4.78 is 39.9. The number of halogens is 4. The highest BCUT2D eigenvalue weighted by atomic mass is 35.5. The topological polar surface area (TPSA) is 21.3 Å². The van der Waals surface area contributed by atoms with E-state index in [2.05, 4.69) is 10.1 Å². The zero-order valence-corrected chi connectivity index (χ0v) is 9.83. The highest BCUT2D eigenvalue weighted by molar-refractivity contribution is 5.85. The van der Waals surface area contributed by atoms with Crippen LogP contribution in [-0.2, 0) is 6.42 Å². The Balaban J connectivity index is 0.00000144. The van der Waals surface area contributed by atoms with Gasteiger partial charge in [-0.25, -0.2) is 0 Å². The van der Waals surface area contributed by atoms with Crippen molar-refractivity contribution in [2.75, 3.05) is 11.9 Å². The molecule has 0 unspecified atom stereocenters. The lowest BCUT2D eigenvalue weighted by molar-refractivity contribution is -0.274. The van der Waals surface area contributed by atoms with E-state index in [9.17, 15) is 13.2 Å². The van der Waals surface area contributed by atoms with Gasteiger partial charge in [0, 0.05) is 12.2 Å². The normalized spacial score (nSPS) is 15.0. The maximum absolute atomic E-state index is 12.0. The molecule has 96 valence electrons. The van der Waals surface area contributed by atoms with Crippen molar-refractivity contribution >= 4 is 18.1 Å². The molecule has 0 aliphatic carbocycles. The summed E-state index contributed by atoms with van der Waals surface area (Å²) in [6.45, 7) is 0.868. The summed E-state index contributed by atoms with van der Waals surface area (Å²) in [5, 5.41) is 3.18. The van der Waals surface area contributed by atoms with E-state index < -0.39 is 6.36 Å². The average Bonchev–Trinajstić information content (AvgIpc) is 2.39. The van der Waals surface area contributed by atoms with Gasteiger partial charge in [-0.05, 0) is 43.0 Å². The summed E-state index contributed by atoms with van der Waals surface area (Å²) in [6.07, 6.45) is -1.82. The van der Waals surface area contributed by atoms with Gasteiger partial charge in [0.1, 0.15) is 5.75 Å². The van der Waals surface area contributed by atoms with Gasteiger partial charge in [-0.2, -0.15) is 0 Å². The molecule has 0 saturated heterocycles. The van der Waals surface area contributed by atoms with Crippen LogP contribution in [0.4, 0.5) is 18.9 Å². The molecule has 0 amide bonds. The minimum absolute atomic E-state index is 0. The lowest BCUT2D eigenvalue weighted by atomic mass is 10.1. The predicted octanol–water partition coefficient (Wildman–Crippen LogP) is 3.76. The van der Waals surface area contributed by atoms with E-state index >= 15 is 0 Å². The molecular formula is C11H13ClF3NO. The summed E-state index contributed by atoms with van der Waals surface area (Å²) in [7, 11) is 0. The molecule has 6 heteroatoms. The molecule has 1 aromatic carbocycles. The fraction of sp³-hybridized carbons (Fsp3) is 0.455. The number of aryl methyl sites for hydroxylation is 1. The molecule has 0 radical (unpaired) electrons. The monoisotopic (exact) mass is 267 g/mol. The second-order valence-electron chi connectivity index (χ2n) is 3.75. The number of benzene rings is 1. The lowest BCUT2D eigenvalue weighted by Gasteiger charge is -2.12. The van der Waals surface area contributed by atoms with Crippen molar-refractivity contribution in [2.45, 2.75) is 25.6 Å². The summed E-state index contributed by atoms with van der Waals surface area (Å²) in [6, 6.07) is 4.44. The standard InChI is InChI=1S/C11H12F3NO.ClH/c12-11(13,14)16-9-4-5-10-8(7-9)3-1-2-6-15-10;/h4-5,7,15H,1-3,6H2;1H. The quantitative estimate of drug-likeness (QED) is 0.837. The first-order valence-electron chi connectivity index (χ1n) is 5.17. The molecule has 1 aliphatic heterocycles. The molecule has 1 aromatic rings. The maximum atomic E-state index is 12.0. The number of nitrogens with one attached hydrogen (secondary N) is 1. The molecule has 0 aromatic heterocycles. The van der Waals surface area contributed by atoms with Gasteiger partial charge in [0.2, 0.25) is 0 Å².